The van der Waals surface area contributed by atoms with Gasteiger partial charge < -0.3 is 20.9 Å². The topological polar surface area (TPSA) is 126 Å². The van der Waals surface area contributed by atoms with Gasteiger partial charge in [0.1, 0.15) is 18.0 Å². The first kappa shape index (κ1) is 17.7. The van der Waals surface area contributed by atoms with E-state index < -0.39 is 0 Å². The molecule has 0 radical (unpaired) electrons. The molecule has 0 saturated carbocycles. The predicted octanol–water partition coefficient (Wildman–Crippen LogP) is 3.26. The van der Waals surface area contributed by atoms with Gasteiger partial charge in [-0.2, -0.15) is 0 Å². The molecule has 26 heavy (non-hydrogen) atoms. The van der Waals surface area contributed by atoms with Crippen molar-refractivity contribution in [2.75, 3.05) is 22.9 Å². The maximum Gasteiger partial charge on any atom is 0.177 e. The average molecular weight is 353 g/mol. The van der Waals surface area contributed by atoms with Crippen molar-refractivity contribution in [2.24, 2.45) is 0 Å². The summed E-state index contributed by atoms with van der Waals surface area (Å²) in [5.74, 6) is 1.52. The maximum absolute atomic E-state index is 8.61. The number of fused-ring (bicyclic) bond motifs is 1. The van der Waals surface area contributed by atoms with E-state index >= 15 is 0 Å². The second-order valence-corrected chi connectivity index (χ2v) is 6.33. The van der Waals surface area contributed by atoms with Crippen LogP contribution in [-0.4, -0.2) is 33.4 Å². The number of nitrogen functional groups attached to an aromatic ring is 1. The zero-order chi connectivity index (χ0) is 18.7. The monoisotopic (exact) mass is 353 g/mol. The number of nitrogens with zero attached hydrogens (tertiary/aromatic N) is 3. The van der Waals surface area contributed by atoms with Crippen molar-refractivity contribution in [2.45, 2.75) is 33.2 Å². The van der Waals surface area contributed by atoms with Crippen molar-refractivity contribution in [3.05, 3.63) is 35.7 Å². The second kappa shape index (κ2) is 7.38. The highest BCUT2D eigenvalue weighted by Crippen LogP contribution is 2.27. The van der Waals surface area contributed by atoms with Crippen LogP contribution in [0.25, 0.3) is 11.0 Å². The third-order valence-corrected chi connectivity index (χ3v) is 3.86. The van der Waals surface area contributed by atoms with Gasteiger partial charge in [-0.15, -0.1) is 0 Å². The van der Waals surface area contributed by atoms with E-state index in [1.165, 1.54) is 6.33 Å². The minimum Gasteiger partial charge on any atom is -0.383 e. The smallest absolute Gasteiger partial charge is 0.177 e. The van der Waals surface area contributed by atoms with Crippen molar-refractivity contribution >= 4 is 34.1 Å². The van der Waals surface area contributed by atoms with Gasteiger partial charge >= 0.3 is 0 Å². The van der Waals surface area contributed by atoms with E-state index in [1.807, 2.05) is 26.0 Å². The number of hydrogen-bond acceptors (Lipinski definition) is 8. The van der Waals surface area contributed by atoms with Crippen LogP contribution in [0.5, 0.6) is 0 Å². The number of hydrogen-bond donors (Lipinski definition) is 4. The highest BCUT2D eigenvalue weighted by molar-refractivity contribution is 6.17. The van der Waals surface area contributed by atoms with Gasteiger partial charge in [0.05, 0.1) is 16.7 Å². The molecule has 136 valence electrons. The summed E-state index contributed by atoms with van der Waals surface area (Å²) in [5.41, 5.74) is 8.00. The molecule has 2 aromatic heterocycles. The molecule has 0 aliphatic heterocycles. The Morgan fingerprint density at radius 1 is 1.27 bits per heavy atom. The van der Waals surface area contributed by atoms with Crippen LogP contribution in [0, 0.1) is 5.41 Å². The number of nitrogens with one attached hydrogen (secondary N) is 3. The van der Waals surface area contributed by atoms with E-state index in [4.69, 9.17) is 15.7 Å². The summed E-state index contributed by atoms with van der Waals surface area (Å²) in [5, 5.41) is 20.0. The molecule has 1 aromatic carbocycles. The Labute approximate surface area is 151 Å². The van der Waals surface area contributed by atoms with Gasteiger partial charge in [-0.3, -0.25) is 5.41 Å². The van der Waals surface area contributed by atoms with Gasteiger partial charge in [-0.25, -0.2) is 9.97 Å². The number of benzene rings is 1. The van der Waals surface area contributed by atoms with Crippen LogP contribution in [0.2, 0.25) is 0 Å². The van der Waals surface area contributed by atoms with E-state index in [9.17, 15) is 0 Å². The molecule has 3 rings (SSSR count). The highest BCUT2D eigenvalue weighted by Gasteiger charge is 2.18. The molecule has 0 bridgehead atoms. The predicted molar refractivity (Wildman–Crippen MR) is 104 cm³/mol. The molecule has 8 nitrogen and oxygen atoms in total. The molecule has 0 fully saturated rings. The van der Waals surface area contributed by atoms with Crippen molar-refractivity contribution in [1.29, 1.82) is 5.41 Å². The normalized spacial score (nSPS) is 11.1. The third kappa shape index (κ3) is 3.44. The fraction of sp³-hybridized carbons (Fsp3) is 0.333. The summed E-state index contributed by atoms with van der Waals surface area (Å²) in [6, 6.07) is 5.68. The molecule has 0 amide bonds. The average Bonchev–Trinajstić information content (AvgIpc) is 3.01. The molecule has 3 aromatic rings. The minimum atomic E-state index is 0.153. The molecule has 0 aliphatic carbocycles. The van der Waals surface area contributed by atoms with Crippen LogP contribution in [0.1, 0.15) is 38.3 Å². The molecule has 8 heteroatoms. The Hall–Kier alpha value is -3.16. The van der Waals surface area contributed by atoms with E-state index in [-0.39, 0.29) is 17.6 Å². The Kier molecular flexibility index (Phi) is 5.01. The Morgan fingerprint density at radius 3 is 2.81 bits per heavy atom. The Morgan fingerprint density at radius 2 is 2.08 bits per heavy atom. The van der Waals surface area contributed by atoms with Crippen LogP contribution in [0.3, 0.4) is 0 Å². The molecule has 0 atom stereocenters. The van der Waals surface area contributed by atoms with Crippen LogP contribution >= 0.6 is 0 Å². The quantitative estimate of drug-likeness (QED) is 0.480. The summed E-state index contributed by atoms with van der Waals surface area (Å²) in [6.45, 7) is 6.90. The van der Waals surface area contributed by atoms with E-state index in [2.05, 4.69) is 32.7 Å². The van der Waals surface area contributed by atoms with E-state index in [0.717, 1.165) is 18.4 Å². The first-order valence-electron chi connectivity index (χ1n) is 8.60. The lowest BCUT2D eigenvalue weighted by Gasteiger charge is -2.15. The molecular formula is C18H23N7O. The largest absolute Gasteiger partial charge is 0.383 e. The van der Waals surface area contributed by atoms with Gasteiger partial charge in [-0.05, 0) is 32.4 Å². The van der Waals surface area contributed by atoms with Crippen molar-refractivity contribution in [1.82, 2.24) is 15.1 Å². The summed E-state index contributed by atoms with van der Waals surface area (Å²) in [7, 11) is 0. The lowest BCUT2D eigenvalue weighted by Crippen LogP contribution is -2.17. The first-order chi connectivity index (χ1) is 12.5. The van der Waals surface area contributed by atoms with Crippen LogP contribution in [0.15, 0.2) is 29.0 Å². The molecule has 0 aliphatic rings. The van der Waals surface area contributed by atoms with Gasteiger partial charge in [0.25, 0.3) is 0 Å². The first-order valence-corrected chi connectivity index (χ1v) is 8.60. The fourth-order valence-corrected chi connectivity index (χ4v) is 2.64. The summed E-state index contributed by atoms with van der Waals surface area (Å²) in [6.07, 6.45) is 2.39. The van der Waals surface area contributed by atoms with Gasteiger partial charge in [0.15, 0.2) is 11.4 Å². The maximum atomic E-state index is 8.61. The zero-order valence-corrected chi connectivity index (χ0v) is 15.1. The van der Waals surface area contributed by atoms with E-state index in [0.29, 0.717) is 28.3 Å². The SMILES string of the molecule is CCCNc1noc2cc(C(=N)c3c(N)ncnc3NC(C)C)ccc12. The number of nitrogens with two attached hydrogens (primary N) is 1. The van der Waals surface area contributed by atoms with E-state index in [1.54, 1.807) is 6.07 Å². The molecule has 0 unspecified atom stereocenters. The van der Waals surface area contributed by atoms with Crippen LogP contribution < -0.4 is 16.4 Å². The molecule has 5 N–H and O–H groups in total. The third-order valence-electron chi connectivity index (χ3n) is 3.86. The van der Waals surface area contributed by atoms with Gasteiger partial charge in [0, 0.05) is 18.2 Å². The molecule has 2 heterocycles. The molecule has 0 spiro atoms. The van der Waals surface area contributed by atoms with Gasteiger partial charge in [0.2, 0.25) is 0 Å². The molecule has 0 saturated heterocycles. The highest BCUT2D eigenvalue weighted by atomic mass is 16.5. The Balaban J connectivity index is 1.98. The number of anilines is 3. The van der Waals surface area contributed by atoms with Crippen LogP contribution in [0.4, 0.5) is 17.5 Å². The second-order valence-electron chi connectivity index (χ2n) is 6.33. The van der Waals surface area contributed by atoms with Crippen molar-refractivity contribution < 1.29 is 4.52 Å². The number of aromatic nitrogens is 3. The fourth-order valence-electron chi connectivity index (χ4n) is 2.64. The summed E-state index contributed by atoms with van der Waals surface area (Å²) in [4.78, 5) is 8.27. The standard InChI is InChI=1S/C18H23N7O/c1-4-7-21-17-12-6-5-11(8-13(12)26-25-17)15(19)14-16(20)22-9-23-18(14)24-10(2)3/h5-6,8-10,19H,4,7H2,1-3H3,(H,21,25)(H3,20,22,23,24). The zero-order valence-electron chi connectivity index (χ0n) is 15.1. The molecular weight excluding hydrogens is 330 g/mol. The number of rotatable bonds is 7. The minimum absolute atomic E-state index is 0.153. The lowest BCUT2D eigenvalue weighted by molar-refractivity contribution is 0.459. The summed E-state index contributed by atoms with van der Waals surface area (Å²) < 4.78 is 5.41. The van der Waals surface area contributed by atoms with Crippen LogP contribution in [-0.2, 0) is 0 Å². The lowest BCUT2D eigenvalue weighted by atomic mass is 10.0. The van der Waals surface area contributed by atoms with Crippen molar-refractivity contribution in [3.63, 3.8) is 0 Å². The van der Waals surface area contributed by atoms with Gasteiger partial charge in [-0.1, -0.05) is 18.1 Å². The Bertz CT molecular complexity index is 932. The summed E-state index contributed by atoms with van der Waals surface area (Å²) >= 11 is 0. The van der Waals surface area contributed by atoms with Crippen molar-refractivity contribution in [3.8, 4) is 0 Å².